The van der Waals surface area contributed by atoms with Gasteiger partial charge in [0.25, 0.3) is 0 Å². The van der Waals surface area contributed by atoms with Crippen molar-refractivity contribution in [1.29, 1.82) is 0 Å². The topological polar surface area (TPSA) is 38.7 Å². The van der Waals surface area contributed by atoms with Crippen LogP contribution in [-0.2, 0) is 0 Å². The molecule has 3 nitrogen and oxygen atoms in total. The zero-order valence-corrected chi connectivity index (χ0v) is 15.1. The van der Waals surface area contributed by atoms with E-state index in [-0.39, 0.29) is 0 Å². The van der Waals surface area contributed by atoms with Crippen LogP contribution in [-0.4, -0.2) is 15.0 Å². The van der Waals surface area contributed by atoms with Crippen molar-refractivity contribution in [2.75, 3.05) is 0 Å². The third-order valence-corrected chi connectivity index (χ3v) is 5.89. The second-order valence-electron chi connectivity index (χ2n) is 5.93. The molecule has 2 aromatic carbocycles. The van der Waals surface area contributed by atoms with Crippen molar-refractivity contribution in [3.8, 4) is 22.5 Å². The van der Waals surface area contributed by atoms with Gasteiger partial charge < -0.3 is 0 Å². The van der Waals surface area contributed by atoms with Gasteiger partial charge in [-0.15, -0.1) is 11.3 Å². The molecule has 124 valence electrons. The first-order chi connectivity index (χ1) is 12.8. The lowest BCUT2D eigenvalue weighted by molar-refractivity contribution is 1.24. The number of pyridine rings is 1. The first kappa shape index (κ1) is 15.4. The van der Waals surface area contributed by atoms with E-state index in [1.807, 2.05) is 36.4 Å². The van der Waals surface area contributed by atoms with E-state index in [9.17, 15) is 0 Å². The molecular weight excluding hydrogens is 362 g/mol. The lowest BCUT2D eigenvalue weighted by Gasteiger charge is -2.05. The van der Waals surface area contributed by atoms with E-state index in [1.54, 1.807) is 23.7 Å². The zero-order chi connectivity index (χ0) is 17.5. The van der Waals surface area contributed by atoms with Gasteiger partial charge >= 0.3 is 0 Å². The summed E-state index contributed by atoms with van der Waals surface area (Å²) in [6.07, 6.45) is 3.59. The molecule has 0 spiro atoms. The van der Waals surface area contributed by atoms with Crippen LogP contribution in [0.15, 0.2) is 73.1 Å². The van der Waals surface area contributed by atoms with Crippen LogP contribution < -0.4 is 0 Å². The Morgan fingerprint density at radius 1 is 0.731 bits per heavy atom. The molecule has 0 saturated carbocycles. The summed E-state index contributed by atoms with van der Waals surface area (Å²) in [4.78, 5) is 13.4. The van der Waals surface area contributed by atoms with Crippen molar-refractivity contribution in [1.82, 2.24) is 15.0 Å². The standard InChI is InChI=1S/C21H12ClN3S/c22-20-19-18(16-3-1-2-4-17(16)26-19)24-21(25-20)15-7-5-13(6-8-15)14-9-11-23-12-10-14/h1-12H. The van der Waals surface area contributed by atoms with Crippen molar-refractivity contribution < 1.29 is 0 Å². The molecule has 0 fully saturated rings. The lowest BCUT2D eigenvalue weighted by Crippen LogP contribution is -1.90. The fourth-order valence-corrected chi connectivity index (χ4v) is 4.35. The molecule has 26 heavy (non-hydrogen) atoms. The quantitative estimate of drug-likeness (QED) is 0.344. The number of thiophene rings is 1. The predicted molar refractivity (Wildman–Crippen MR) is 109 cm³/mol. The maximum atomic E-state index is 6.46. The Morgan fingerprint density at radius 3 is 2.23 bits per heavy atom. The fourth-order valence-electron chi connectivity index (χ4n) is 3.04. The predicted octanol–water partition coefficient (Wildman–Crippen LogP) is 6.23. The molecule has 0 atom stereocenters. The zero-order valence-electron chi connectivity index (χ0n) is 13.6. The van der Waals surface area contributed by atoms with Gasteiger partial charge in [-0.1, -0.05) is 54.1 Å². The number of hydrogen-bond acceptors (Lipinski definition) is 4. The number of fused-ring (bicyclic) bond motifs is 3. The highest BCUT2D eigenvalue weighted by atomic mass is 35.5. The van der Waals surface area contributed by atoms with Gasteiger partial charge in [-0.2, -0.15) is 0 Å². The van der Waals surface area contributed by atoms with Crippen molar-refractivity contribution in [3.05, 3.63) is 78.2 Å². The van der Waals surface area contributed by atoms with E-state index in [0.717, 1.165) is 32.3 Å². The number of rotatable bonds is 2. The van der Waals surface area contributed by atoms with Gasteiger partial charge in [0.2, 0.25) is 0 Å². The number of halogens is 1. The monoisotopic (exact) mass is 373 g/mol. The van der Waals surface area contributed by atoms with Crippen LogP contribution in [0.1, 0.15) is 0 Å². The van der Waals surface area contributed by atoms with Crippen LogP contribution in [0, 0.1) is 0 Å². The summed E-state index contributed by atoms with van der Waals surface area (Å²) in [5.74, 6) is 0.646. The second kappa shape index (κ2) is 6.16. The Bertz CT molecular complexity index is 1230. The van der Waals surface area contributed by atoms with Crippen LogP contribution in [0.5, 0.6) is 0 Å². The lowest BCUT2D eigenvalue weighted by atomic mass is 10.0. The third kappa shape index (κ3) is 2.55. The van der Waals surface area contributed by atoms with Crippen LogP contribution in [0.3, 0.4) is 0 Å². The molecule has 0 bridgehead atoms. The second-order valence-corrected chi connectivity index (χ2v) is 7.34. The van der Waals surface area contributed by atoms with Gasteiger partial charge in [-0.05, 0) is 29.3 Å². The van der Waals surface area contributed by atoms with E-state index in [4.69, 9.17) is 16.6 Å². The highest BCUT2D eigenvalue weighted by molar-refractivity contribution is 7.26. The van der Waals surface area contributed by atoms with E-state index in [1.165, 1.54) is 4.70 Å². The maximum absolute atomic E-state index is 6.46. The smallest absolute Gasteiger partial charge is 0.161 e. The summed E-state index contributed by atoms with van der Waals surface area (Å²) in [5.41, 5.74) is 4.12. The molecule has 5 aromatic rings. The summed E-state index contributed by atoms with van der Waals surface area (Å²) < 4.78 is 2.11. The van der Waals surface area contributed by atoms with Crippen molar-refractivity contribution in [2.24, 2.45) is 0 Å². The molecule has 0 aliphatic heterocycles. The summed E-state index contributed by atoms with van der Waals surface area (Å²) in [6.45, 7) is 0. The Balaban J connectivity index is 1.63. The molecule has 3 aromatic heterocycles. The highest BCUT2D eigenvalue weighted by Gasteiger charge is 2.13. The van der Waals surface area contributed by atoms with Gasteiger partial charge in [0, 0.05) is 28.0 Å². The number of hydrogen-bond donors (Lipinski definition) is 0. The summed E-state index contributed by atoms with van der Waals surface area (Å²) in [7, 11) is 0. The van der Waals surface area contributed by atoms with Crippen molar-refractivity contribution >= 4 is 43.2 Å². The molecule has 5 rings (SSSR count). The molecule has 3 heterocycles. The summed E-state index contributed by atoms with van der Waals surface area (Å²) >= 11 is 8.09. The molecule has 0 N–H and O–H groups in total. The van der Waals surface area contributed by atoms with Crippen molar-refractivity contribution in [2.45, 2.75) is 0 Å². The molecule has 0 aliphatic rings. The van der Waals surface area contributed by atoms with Crippen LogP contribution in [0.2, 0.25) is 5.15 Å². The minimum absolute atomic E-state index is 0.504. The molecule has 5 heteroatoms. The summed E-state index contributed by atoms with van der Waals surface area (Å²) in [5, 5.41) is 1.62. The Hall–Kier alpha value is -2.82. The molecule has 0 unspecified atom stereocenters. The van der Waals surface area contributed by atoms with E-state index in [0.29, 0.717) is 11.0 Å². The molecule has 0 aliphatic carbocycles. The molecule has 0 saturated heterocycles. The van der Waals surface area contributed by atoms with Gasteiger partial charge in [0.05, 0.1) is 10.2 Å². The van der Waals surface area contributed by atoms with Gasteiger partial charge in [0.1, 0.15) is 0 Å². The Kier molecular flexibility index (Phi) is 3.66. The normalized spacial score (nSPS) is 11.3. The fraction of sp³-hybridized carbons (Fsp3) is 0. The maximum Gasteiger partial charge on any atom is 0.161 e. The van der Waals surface area contributed by atoms with Gasteiger partial charge in [-0.3, -0.25) is 4.98 Å². The van der Waals surface area contributed by atoms with E-state index < -0.39 is 0 Å². The minimum Gasteiger partial charge on any atom is -0.265 e. The number of benzene rings is 2. The summed E-state index contributed by atoms with van der Waals surface area (Å²) in [6, 6.07) is 20.4. The van der Waals surface area contributed by atoms with E-state index >= 15 is 0 Å². The number of nitrogens with zero attached hydrogens (tertiary/aromatic N) is 3. The van der Waals surface area contributed by atoms with Crippen LogP contribution in [0.4, 0.5) is 0 Å². The van der Waals surface area contributed by atoms with Gasteiger partial charge in [0.15, 0.2) is 11.0 Å². The largest absolute Gasteiger partial charge is 0.265 e. The van der Waals surface area contributed by atoms with Crippen molar-refractivity contribution in [3.63, 3.8) is 0 Å². The Morgan fingerprint density at radius 2 is 1.42 bits per heavy atom. The average Bonchev–Trinajstić information content (AvgIpc) is 3.08. The minimum atomic E-state index is 0.504. The van der Waals surface area contributed by atoms with Crippen LogP contribution in [0.25, 0.3) is 42.8 Å². The molecular formula is C21H12ClN3S. The first-order valence-electron chi connectivity index (χ1n) is 8.15. The average molecular weight is 374 g/mol. The Labute approximate surface area is 159 Å². The van der Waals surface area contributed by atoms with Crippen LogP contribution >= 0.6 is 22.9 Å². The number of aromatic nitrogens is 3. The van der Waals surface area contributed by atoms with E-state index in [2.05, 4.69) is 34.2 Å². The molecule has 0 radical (unpaired) electrons. The third-order valence-electron chi connectivity index (χ3n) is 4.34. The SMILES string of the molecule is Clc1nc(-c2ccc(-c3ccncc3)cc2)nc2c1sc1ccccc12. The first-order valence-corrected chi connectivity index (χ1v) is 9.35. The molecule has 0 amide bonds. The van der Waals surface area contributed by atoms with Gasteiger partial charge in [-0.25, -0.2) is 9.97 Å². The highest BCUT2D eigenvalue weighted by Crippen LogP contribution is 2.37.